The first-order valence-electron chi connectivity index (χ1n) is 8.41. The van der Waals surface area contributed by atoms with Crippen LogP contribution in [0.3, 0.4) is 0 Å². The van der Waals surface area contributed by atoms with Crippen LogP contribution < -0.4 is 10.6 Å². The van der Waals surface area contributed by atoms with Crippen LogP contribution in [-0.4, -0.2) is 16.5 Å². The number of nitrogens with one attached hydrogen (secondary N) is 2. The summed E-state index contributed by atoms with van der Waals surface area (Å²) >= 11 is 12.1. The first-order chi connectivity index (χ1) is 12.6. The number of aromatic nitrogens is 2. The maximum Gasteiger partial charge on any atom is 0.224 e. The summed E-state index contributed by atoms with van der Waals surface area (Å²) in [7, 11) is 0. The SMILES string of the molecule is Cc1cc(NCc2ccccc2)nc(NCCc2ccc(Cl)cc2Cl)n1. The molecule has 0 aliphatic heterocycles. The number of anilines is 2. The van der Waals surface area contributed by atoms with Gasteiger partial charge in [-0.2, -0.15) is 4.98 Å². The highest BCUT2D eigenvalue weighted by Crippen LogP contribution is 2.21. The Morgan fingerprint density at radius 3 is 2.50 bits per heavy atom. The van der Waals surface area contributed by atoms with Crippen molar-refractivity contribution in [1.82, 2.24) is 9.97 Å². The average molecular weight is 387 g/mol. The number of benzene rings is 2. The predicted octanol–water partition coefficient (Wildman–Crippen LogP) is 5.36. The Kier molecular flexibility index (Phi) is 6.31. The smallest absolute Gasteiger partial charge is 0.224 e. The van der Waals surface area contributed by atoms with Crippen LogP contribution in [0.5, 0.6) is 0 Å². The van der Waals surface area contributed by atoms with Gasteiger partial charge in [0.25, 0.3) is 0 Å². The number of aryl methyl sites for hydroxylation is 1. The molecule has 6 heteroatoms. The van der Waals surface area contributed by atoms with Crippen LogP contribution in [0.1, 0.15) is 16.8 Å². The predicted molar refractivity (Wildman–Crippen MR) is 109 cm³/mol. The lowest BCUT2D eigenvalue weighted by Gasteiger charge is -2.10. The van der Waals surface area contributed by atoms with Gasteiger partial charge in [0.15, 0.2) is 0 Å². The maximum absolute atomic E-state index is 6.21. The first kappa shape index (κ1) is 18.5. The first-order valence-corrected chi connectivity index (χ1v) is 9.17. The van der Waals surface area contributed by atoms with E-state index in [0.29, 0.717) is 22.5 Å². The van der Waals surface area contributed by atoms with E-state index in [1.807, 2.05) is 43.3 Å². The van der Waals surface area contributed by atoms with Crippen molar-refractivity contribution in [2.45, 2.75) is 19.9 Å². The molecule has 26 heavy (non-hydrogen) atoms. The molecule has 1 aromatic heterocycles. The van der Waals surface area contributed by atoms with E-state index in [9.17, 15) is 0 Å². The molecule has 2 aromatic carbocycles. The van der Waals surface area contributed by atoms with Crippen molar-refractivity contribution in [3.05, 3.63) is 81.5 Å². The zero-order valence-corrected chi connectivity index (χ0v) is 16.0. The summed E-state index contributed by atoms with van der Waals surface area (Å²) in [5, 5.41) is 7.92. The maximum atomic E-state index is 6.21. The molecule has 0 saturated heterocycles. The number of nitrogens with zero attached hydrogens (tertiary/aromatic N) is 2. The van der Waals surface area contributed by atoms with E-state index in [-0.39, 0.29) is 0 Å². The average Bonchev–Trinajstić information content (AvgIpc) is 2.62. The molecule has 0 radical (unpaired) electrons. The van der Waals surface area contributed by atoms with Gasteiger partial charge in [-0.05, 0) is 36.6 Å². The Labute approximate surface area is 163 Å². The minimum absolute atomic E-state index is 0.602. The Morgan fingerprint density at radius 1 is 0.923 bits per heavy atom. The second-order valence-electron chi connectivity index (χ2n) is 5.97. The third kappa shape index (κ3) is 5.35. The summed E-state index contributed by atoms with van der Waals surface area (Å²) in [5.74, 6) is 1.40. The molecule has 134 valence electrons. The lowest BCUT2D eigenvalue weighted by atomic mass is 10.1. The molecule has 2 N–H and O–H groups in total. The van der Waals surface area contributed by atoms with Gasteiger partial charge >= 0.3 is 0 Å². The van der Waals surface area contributed by atoms with Crippen LogP contribution in [0.2, 0.25) is 10.0 Å². The van der Waals surface area contributed by atoms with E-state index in [2.05, 4.69) is 32.7 Å². The largest absolute Gasteiger partial charge is 0.366 e. The molecule has 0 aliphatic carbocycles. The molecule has 0 atom stereocenters. The Bertz CT molecular complexity index is 869. The molecule has 0 fully saturated rings. The van der Waals surface area contributed by atoms with E-state index in [4.69, 9.17) is 23.2 Å². The Morgan fingerprint density at radius 2 is 1.73 bits per heavy atom. The molecule has 0 aliphatic rings. The summed E-state index contributed by atoms with van der Waals surface area (Å²) in [6, 6.07) is 17.7. The van der Waals surface area contributed by atoms with Crippen molar-refractivity contribution in [2.24, 2.45) is 0 Å². The van der Waals surface area contributed by atoms with E-state index >= 15 is 0 Å². The zero-order valence-electron chi connectivity index (χ0n) is 14.5. The standard InChI is InChI=1S/C20H20Cl2N4/c1-14-11-19(24-13-15-5-3-2-4-6-15)26-20(25-14)23-10-9-16-7-8-17(21)12-18(16)22/h2-8,11-12H,9-10,13H2,1H3,(H2,23,24,25,26). The second-order valence-corrected chi connectivity index (χ2v) is 6.81. The fraction of sp³-hybridized carbons (Fsp3) is 0.200. The third-order valence-electron chi connectivity index (χ3n) is 3.86. The van der Waals surface area contributed by atoms with Gasteiger partial charge in [0.2, 0.25) is 5.95 Å². The minimum atomic E-state index is 0.602. The van der Waals surface area contributed by atoms with Gasteiger partial charge in [0.1, 0.15) is 5.82 Å². The fourth-order valence-corrected chi connectivity index (χ4v) is 3.06. The highest BCUT2D eigenvalue weighted by molar-refractivity contribution is 6.35. The number of hydrogen-bond acceptors (Lipinski definition) is 4. The molecular formula is C20H20Cl2N4. The molecule has 3 rings (SSSR count). The quantitative estimate of drug-likeness (QED) is 0.573. The van der Waals surface area contributed by atoms with Crippen molar-refractivity contribution in [3.8, 4) is 0 Å². The second kappa shape index (κ2) is 8.88. The Hall–Kier alpha value is -2.30. The summed E-state index contributed by atoms with van der Waals surface area (Å²) in [6.07, 6.45) is 0.764. The number of halogens is 2. The molecule has 1 heterocycles. The highest BCUT2D eigenvalue weighted by Gasteiger charge is 2.04. The number of rotatable bonds is 7. The third-order valence-corrected chi connectivity index (χ3v) is 4.45. The highest BCUT2D eigenvalue weighted by atomic mass is 35.5. The van der Waals surface area contributed by atoms with Crippen LogP contribution in [0.15, 0.2) is 54.6 Å². The molecule has 0 bridgehead atoms. The lowest BCUT2D eigenvalue weighted by molar-refractivity contribution is 0.970. The van der Waals surface area contributed by atoms with E-state index in [1.54, 1.807) is 6.07 Å². The molecule has 3 aromatic rings. The summed E-state index contributed by atoms with van der Waals surface area (Å²) in [4.78, 5) is 8.97. The Balaban J connectivity index is 1.58. The fourth-order valence-electron chi connectivity index (χ4n) is 2.56. The topological polar surface area (TPSA) is 49.8 Å². The normalized spacial score (nSPS) is 10.6. The van der Waals surface area contributed by atoms with Gasteiger partial charge in [-0.15, -0.1) is 0 Å². The van der Waals surface area contributed by atoms with E-state index in [0.717, 1.165) is 30.0 Å². The van der Waals surface area contributed by atoms with Crippen LogP contribution in [-0.2, 0) is 13.0 Å². The lowest BCUT2D eigenvalue weighted by Crippen LogP contribution is -2.10. The van der Waals surface area contributed by atoms with Crippen molar-refractivity contribution >= 4 is 35.0 Å². The van der Waals surface area contributed by atoms with Crippen LogP contribution in [0.25, 0.3) is 0 Å². The monoisotopic (exact) mass is 386 g/mol. The van der Waals surface area contributed by atoms with Crippen molar-refractivity contribution in [1.29, 1.82) is 0 Å². The van der Waals surface area contributed by atoms with Gasteiger partial charge in [0.05, 0.1) is 0 Å². The molecule has 0 saturated carbocycles. The zero-order chi connectivity index (χ0) is 18.4. The number of hydrogen-bond donors (Lipinski definition) is 2. The molecule has 4 nitrogen and oxygen atoms in total. The van der Waals surface area contributed by atoms with Crippen molar-refractivity contribution in [3.63, 3.8) is 0 Å². The van der Waals surface area contributed by atoms with Crippen molar-refractivity contribution in [2.75, 3.05) is 17.2 Å². The van der Waals surface area contributed by atoms with Gasteiger partial charge in [0, 0.05) is 34.9 Å². The van der Waals surface area contributed by atoms with Crippen molar-refractivity contribution < 1.29 is 0 Å². The molecule has 0 amide bonds. The van der Waals surface area contributed by atoms with Gasteiger partial charge in [-0.1, -0.05) is 59.6 Å². The van der Waals surface area contributed by atoms with Crippen LogP contribution in [0.4, 0.5) is 11.8 Å². The summed E-state index contributed by atoms with van der Waals surface area (Å²) < 4.78 is 0. The van der Waals surface area contributed by atoms with E-state index in [1.165, 1.54) is 5.56 Å². The van der Waals surface area contributed by atoms with Gasteiger partial charge < -0.3 is 10.6 Å². The van der Waals surface area contributed by atoms with Crippen LogP contribution >= 0.6 is 23.2 Å². The van der Waals surface area contributed by atoms with Crippen LogP contribution in [0, 0.1) is 6.92 Å². The van der Waals surface area contributed by atoms with Gasteiger partial charge in [-0.3, -0.25) is 0 Å². The van der Waals surface area contributed by atoms with Gasteiger partial charge in [-0.25, -0.2) is 4.98 Å². The summed E-state index contributed by atoms with van der Waals surface area (Å²) in [5.41, 5.74) is 3.15. The van der Waals surface area contributed by atoms with E-state index < -0.39 is 0 Å². The minimum Gasteiger partial charge on any atom is -0.366 e. The molecule has 0 unspecified atom stereocenters. The molecule has 0 spiro atoms. The summed E-state index contributed by atoms with van der Waals surface area (Å²) in [6.45, 7) is 3.36. The molecular weight excluding hydrogens is 367 g/mol.